The van der Waals surface area contributed by atoms with Crippen LogP contribution in [0.15, 0.2) is 48.5 Å². The van der Waals surface area contributed by atoms with Crippen LogP contribution in [0.2, 0.25) is 5.02 Å². The van der Waals surface area contributed by atoms with Gasteiger partial charge in [0.25, 0.3) is 5.91 Å². The summed E-state index contributed by atoms with van der Waals surface area (Å²) < 4.78 is 29.0. The van der Waals surface area contributed by atoms with Gasteiger partial charge in [-0.15, -0.1) is 0 Å². The molecule has 1 aliphatic heterocycles. The van der Waals surface area contributed by atoms with Gasteiger partial charge < -0.3 is 9.64 Å². The van der Waals surface area contributed by atoms with E-state index in [0.29, 0.717) is 30.0 Å². The van der Waals surface area contributed by atoms with Crippen LogP contribution in [0.25, 0.3) is 0 Å². The van der Waals surface area contributed by atoms with Crippen molar-refractivity contribution in [2.75, 3.05) is 24.7 Å². The van der Waals surface area contributed by atoms with Gasteiger partial charge in [0, 0.05) is 28.7 Å². The highest BCUT2D eigenvalue weighted by Crippen LogP contribution is 2.20. The Kier molecular flexibility index (Phi) is 8.26. The number of benzene rings is 2. The Morgan fingerprint density at radius 3 is 2.33 bits per heavy atom. The Morgan fingerprint density at radius 2 is 1.73 bits per heavy atom. The summed E-state index contributed by atoms with van der Waals surface area (Å²) in [7, 11) is -3.16. The average molecular weight is 492 g/mol. The highest BCUT2D eigenvalue weighted by atomic mass is 35.5. The van der Waals surface area contributed by atoms with Crippen molar-refractivity contribution in [1.82, 2.24) is 4.90 Å². The first-order valence-electron chi connectivity index (χ1n) is 10.8. The zero-order valence-corrected chi connectivity index (χ0v) is 19.9. The lowest BCUT2D eigenvalue weighted by atomic mass is 9.98. The Hall–Kier alpha value is -2.71. The molecule has 0 N–H and O–H groups in total. The third-order valence-electron chi connectivity index (χ3n) is 5.55. The quantitative estimate of drug-likeness (QED) is 0.393. The van der Waals surface area contributed by atoms with Gasteiger partial charge in [-0.25, -0.2) is 13.2 Å². The zero-order chi connectivity index (χ0) is 24.0. The Labute approximate surface area is 198 Å². The highest BCUT2D eigenvalue weighted by Gasteiger charge is 2.34. The molecule has 176 valence electrons. The summed E-state index contributed by atoms with van der Waals surface area (Å²) in [6.45, 7) is 1.85. The lowest BCUT2D eigenvalue weighted by Crippen LogP contribution is -2.44. The van der Waals surface area contributed by atoms with Gasteiger partial charge in [-0.05, 0) is 43.2 Å². The number of ketones is 1. The van der Waals surface area contributed by atoms with Gasteiger partial charge in [0.15, 0.2) is 22.2 Å². The standard InChI is InChI=1S/C24H26ClNO6S/c1-2-3-13-26(19-12-14-33(30,31)16-19)22(27)15-32-24(29)21-7-5-4-6-20(21)23(28)17-8-10-18(25)11-9-17/h4-11,19H,2-3,12-16H2,1H3. The smallest absolute Gasteiger partial charge is 0.339 e. The fourth-order valence-corrected chi connectivity index (χ4v) is 5.62. The topological polar surface area (TPSA) is 97.8 Å². The van der Waals surface area contributed by atoms with Crippen LogP contribution in [-0.2, 0) is 19.4 Å². The van der Waals surface area contributed by atoms with Crippen molar-refractivity contribution in [3.05, 3.63) is 70.2 Å². The fraction of sp³-hybridized carbons (Fsp3) is 0.375. The molecule has 0 radical (unpaired) electrons. The van der Waals surface area contributed by atoms with E-state index in [-0.39, 0.29) is 28.4 Å². The lowest BCUT2D eigenvalue weighted by molar-refractivity contribution is -0.136. The number of carbonyl (C=O) groups is 3. The molecule has 0 aromatic heterocycles. The van der Waals surface area contributed by atoms with Crippen molar-refractivity contribution >= 4 is 39.1 Å². The van der Waals surface area contributed by atoms with E-state index in [2.05, 4.69) is 0 Å². The first-order chi connectivity index (χ1) is 15.7. The predicted octanol–water partition coefficient (Wildman–Crippen LogP) is 3.54. The molecule has 1 unspecified atom stereocenters. The molecule has 0 saturated carbocycles. The van der Waals surface area contributed by atoms with Gasteiger partial charge in [0.2, 0.25) is 0 Å². The van der Waals surface area contributed by atoms with E-state index in [1.165, 1.54) is 17.0 Å². The van der Waals surface area contributed by atoms with Crippen LogP contribution in [-0.4, -0.2) is 61.7 Å². The van der Waals surface area contributed by atoms with Crippen LogP contribution in [0, 0.1) is 0 Å². The first kappa shape index (κ1) is 24.9. The summed E-state index contributed by atoms with van der Waals surface area (Å²) >= 11 is 5.88. The number of amides is 1. The largest absolute Gasteiger partial charge is 0.452 e. The zero-order valence-electron chi connectivity index (χ0n) is 18.3. The molecule has 0 bridgehead atoms. The number of halogens is 1. The maximum Gasteiger partial charge on any atom is 0.339 e. The summed E-state index contributed by atoms with van der Waals surface area (Å²) in [5, 5.41) is 0.487. The van der Waals surface area contributed by atoms with Crippen molar-refractivity contribution in [1.29, 1.82) is 0 Å². The van der Waals surface area contributed by atoms with Crippen LogP contribution in [0.5, 0.6) is 0 Å². The summed E-state index contributed by atoms with van der Waals surface area (Å²) in [5.74, 6) is -1.63. The van der Waals surface area contributed by atoms with Crippen LogP contribution >= 0.6 is 11.6 Å². The molecular formula is C24H26ClNO6S. The van der Waals surface area contributed by atoms with Crippen molar-refractivity contribution in [3.8, 4) is 0 Å². The van der Waals surface area contributed by atoms with Crippen molar-refractivity contribution in [3.63, 3.8) is 0 Å². The molecule has 1 atom stereocenters. The number of rotatable bonds is 9. The first-order valence-corrected chi connectivity index (χ1v) is 13.0. The molecule has 1 aliphatic rings. The molecule has 1 saturated heterocycles. The molecule has 0 spiro atoms. The third kappa shape index (κ3) is 6.42. The number of unbranched alkanes of at least 4 members (excludes halogenated alkanes) is 1. The summed E-state index contributed by atoms with van der Waals surface area (Å²) in [5.41, 5.74) is 0.569. The molecule has 2 aromatic carbocycles. The van der Waals surface area contributed by atoms with Crippen molar-refractivity contribution in [2.45, 2.75) is 32.2 Å². The molecule has 33 heavy (non-hydrogen) atoms. The predicted molar refractivity (Wildman–Crippen MR) is 125 cm³/mol. The van der Waals surface area contributed by atoms with Gasteiger partial charge in [0.05, 0.1) is 17.1 Å². The van der Waals surface area contributed by atoms with E-state index < -0.39 is 34.4 Å². The molecule has 1 heterocycles. The molecule has 1 fully saturated rings. The normalized spacial score (nSPS) is 16.8. The van der Waals surface area contributed by atoms with Gasteiger partial charge in [-0.1, -0.05) is 43.1 Å². The number of esters is 1. The Bertz CT molecular complexity index is 1130. The molecule has 7 nitrogen and oxygen atoms in total. The minimum atomic E-state index is -3.16. The van der Waals surface area contributed by atoms with Crippen LogP contribution in [0.1, 0.15) is 52.5 Å². The van der Waals surface area contributed by atoms with Crippen LogP contribution < -0.4 is 0 Å². The van der Waals surface area contributed by atoms with E-state index in [9.17, 15) is 22.8 Å². The van der Waals surface area contributed by atoms with Gasteiger partial charge in [-0.3, -0.25) is 9.59 Å². The molecule has 9 heteroatoms. The van der Waals surface area contributed by atoms with E-state index in [4.69, 9.17) is 16.3 Å². The van der Waals surface area contributed by atoms with Crippen LogP contribution in [0.4, 0.5) is 0 Å². The summed E-state index contributed by atoms with van der Waals surface area (Å²) in [6, 6.07) is 12.1. The SMILES string of the molecule is CCCCN(C(=O)COC(=O)c1ccccc1C(=O)c1ccc(Cl)cc1)C1CCS(=O)(=O)C1. The Balaban J connectivity index is 1.71. The number of nitrogens with zero attached hydrogens (tertiary/aromatic N) is 1. The minimum Gasteiger partial charge on any atom is -0.452 e. The fourth-order valence-electron chi connectivity index (χ4n) is 3.76. The average Bonchev–Trinajstić information content (AvgIpc) is 3.17. The molecular weight excluding hydrogens is 466 g/mol. The second-order valence-electron chi connectivity index (χ2n) is 7.96. The number of ether oxygens (including phenoxy) is 1. The number of hydrogen-bond donors (Lipinski definition) is 0. The minimum absolute atomic E-state index is 0.0492. The summed E-state index contributed by atoms with van der Waals surface area (Å²) in [4.78, 5) is 40.0. The van der Waals surface area contributed by atoms with E-state index >= 15 is 0 Å². The summed E-state index contributed by atoms with van der Waals surface area (Å²) in [6.07, 6.45) is 1.93. The highest BCUT2D eigenvalue weighted by molar-refractivity contribution is 7.91. The maximum atomic E-state index is 12.9. The molecule has 3 rings (SSSR count). The van der Waals surface area contributed by atoms with Crippen molar-refractivity contribution in [2.24, 2.45) is 0 Å². The Morgan fingerprint density at radius 1 is 1.06 bits per heavy atom. The van der Waals surface area contributed by atoms with Crippen LogP contribution in [0.3, 0.4) is 0 Å². The van der Waals surface area contributed by atoms with E-state index in [1.807, 2.05) is 6.92 Å². The lowest BCUT2D eigenvalue weighted by Gasteiger charge is -2.28. The van der Waals surface area contributed by atoms with Crippen molar-refractivity contribution < 1.29 is 27.5 Å². The van der Waals surface area contributed by atoms with Gasteiger partial charge >= 0.3 is 5.97 Å². The molecule has 0 aliphatic carbocycles. The maximum absolute atomic E-state index is 12.9. The van der Waals surface area contributed by atoms with E-state index in [0.717, 1.165) is 6.42 Å². The van der Waals surface area contributed by atoms with E-state index in [1.54, 1.807) is 36.4 Å². The van der Waals surface area contributed by atoms with Gasteiger partial charge in [0.1, 0.15) is 0 Å². The number of hydrogen-bond acceptors (Lipinski definition) is 6. The molecule has 2 aromatic rings. The third-order valence-corrected chi connectivity index (χ3v) is 7.55. The monoisotopic (exact) mass is 491 g/mol. The number of sulfone groups is 1. The molecule has 1 amide bonds. The second kappa shape index (κ2) is 10.9. The number of carbonyl (C=O) groups excluding carboxylic acids is 3. The second-order valence-corrected chi connectivity index (χ2v) is 10.6. The van der Waals surface area contributed by atoms with Gasteiger partial charge in [-0.2, -0.15) is 0 Å².